The Morgan fingerprint density at radius 2 is 1.89 bits per heavy atom. The zero-order valence-electron chi connectivity index (χ0n) is 10.2. The maximum atomic E-state index is 11.4. The fraction of sp³-hybridized carbons (Fsp3) is 0.625. The van der Waals surface area contributed by atoms with Crippen molar-refractivity contribution >= 4 is 31.7 Å². The lowest BCUT2D eigenvalue weighted by Crippen LogP contribution is -2.36. The van der Waals surface area contributed by atoms with Gasteiger partial charge >= 0.3 is 15.2 Å². The van der Waals surface area contributed by atoms with Crippen molar-refractivity contribution in [2.45, 2.75) is 25.3 Å². The summed E-state index contributed by atoms with van der Waals surface area (Å²) >= 11 is 1.07. The number of unbranched alkanes of at least 4 members (excludes halogenated alkanes) is 1. The molecule has 0 fully saturated rings. The van der Waals surface area contributed by atoms with Crippen molar-refractivity contribution in [2.75, 3.05) is 11.4 Å². The van der Waals surface area contributed by atoms with Gasteiger partial charge in [0.05, 0.1) is 0 Å². The number of rotatable bonds is 7. The largest absolute Gasteiger partial charge is 0.360 e. The molecule has 110 valence electrons. The lowest BCUT2D eigenvalue weighted by Gasteiger charge is -2.31. The zero-order valence-corrected chi connectivity index (χ0v) is 12.8. The van der Waals surface area contributed by atoms with Crippen LogP contribution in [0.1, 0.15) is 19.8 Å². The second-order valence-corrected chi connectivity index (χ2v) is 8.50. The molecule has 0 aliphatic carbocycles. The van der Waals surface area contributed by atoms with Crippen LogP contribution in [0.5, 0.6) is 0 Å². The van der Waals surface area contributed by atoms with E-state index in [2.05, 4.69) is 4.98 Å². The molecule has 19 heavy (non-hydrogen) atoms. The van der Waals surface area contributed by atoms with Crippen LogP contribution in [0.3, 0.4) is 0 Å². The summed E-state index contributed by atoms with van der Waals surface area (Å²) in [5.41, 5.74) is -2.18. The lowest BCUT2D eigenvalue weighted by molar-refractivity contribution is 0.335. The van der Waals surface area contributed by atoms with Crippen molar-refractivity contribution in [1.82, 2.24) is 4.98 Å². The molecule has 0 saturated heterocycles. The molecule has 0 aliphatic heterocycles. The van der Waals surface area contributed by atoms with Gasteiger partial charge in [0.15, 0.2) is 5.13 Å². The summed E-state index contributed by atoms with van der Waals surface area (Å²) < 4.78 is 22.8. The topological polar surface area (TPSA) is 131 Å². The molecule has 1 rings (SSSR count). The Morgan fingerprint density at radius 3 is 2.26 bits per heavy atom. The van der Waals surface area contributed by atoms with Crippen LogP contribution in [0.2, 0.25) is 0 Å². The van der Waals surface area contributed by atoms with Crippen LogP contribution in [-0.4, -0.2) is 36.6 Å². The first-order valence-corrected chi connectivity index (χ1v) is 9.68. The highest BCUT2D eigenvalue weighted by Gasteiger charge is 2.48. The van der Waals surface area contributed by atoms with E-state index in [1.807, 2.05) is 6.92 Å². The van der Waals surface area contributed by atoms with Gasteiger partial charge in [0.1, 0.15) is 0 Å². The van der Waals surface area contributed by atoms with Gasteiger partial charge in [0.2, 0.25) is 5.52 Å². The van der Waals surface area contributed by atoms with Gasteiger partial charge in [-0.15, -0.1) is 11.3 Å². The number of thiazole rings is 1. The fourth-order valence-corrected chi connectivity index (χ4v) is 5.15. The van der Waals surface area contributed by atoms with E-state index in [-0.39, 0.29) is 11.7 Å². The van der Waals surface area contributed by atoms with E-state index in [1.54, 1.807) is 5.38 Å². The van der Waals surface area contributed by atoms with E-state index in [9.17, 15) is 28.7 Å². The van der Waals surface area contributed by atoms with Crippen LogP contribution in [0.4, 0.5) is 5.13 Å². The van der Waals surface area contributed by atoms with Crippen LogP contribution in [0.15, 0.2) is 11.6 Å². The van der Waals surface area contributed by atoms with E-state index in [0.717, 1.165) is 22.7 Å². The highest BCUT2D eigenvalue weighted by Crippen LogP contribution is 2.61. The number of hydrogen-bond donors (Lipinski definition) is 4. The SMILES string of the molecule is CCCCN(c1nccs1)C(P(=O)(O)O)P(=O)(O)O. The molecule has 0 aromatic carbocycles. The van der Waals surface area contributed by atoms with Crippen molar-refractivity contribution in [3.63, 3.8) is 0 Å². The predicted octanol–water partition coefficient (Wildman–Crippen LogP) is 1.39. The molecule has 4 N–H and O–H groups in total. The Bertz CT molecular complexity index is 461. The van der Waals surface area contributed by atoms with E-state index in [4.69, 9.17) is 0 Å². The Hall–Kier alpha value is -0.270. The molecule has 0 bridgehead atoms. The smallest absolute Gasteiger partial charge is 0.324 e. The molecule has 0 radical (unpaired) electrons. The molecule has 1 aromatic heterocycles. The molecule has 0 saturated carbocycles. The molecule has 0 amide bonds. The summed E-state index contributed by atoms with van der Waals surface area (Å²) in [6.07, 6.45) is 2.67. The van der Waals surface area contributed by atoms with Crippen molar-refractivity contribution in [3.8, 4) is 0 Å². The van der Waals surface area contributed by atoms with E-state index in [0.29, 0.717) is 6.42 Å². The predicted molar refractivity (Wildman–Crippen MR) is 72.2 cm³/mol. The van der Waals surface area contributed by atoms with Crippen molar-refractivity contribution in [2.24, 2.45) is 0 Å². The second-order valence-electron chi connectivity index (χ2n) is 3.89. The van der Waals surface area contributed by atoms with Gasteiger partial charge in [-0.05, 0) is 6.42 Å². The normalized spacial score (nSPS) is 12.9. The quantitative estimate of drug-likeness (QED) is 0.552. The minimum absolute atomic E-state index is 0.116. The van der Waals surface area contributed by atoms with E-state index in [1.165, 1.54) is 6.20 Å². The van der Waals surface area contributed by atoms with Gasteiger partial charge in [0.25, 0.3) is 0 Å². The van der Waals surface area contributed by atoms with E-state index >= 15 is 0 Å². The van der Waals surface area contributed by atoms with Crippen LogP contribution < -0.4 is 4.90 Å². The lowest BCUT2D eigenvalue weighted by atomic mass is 10.3. The molecule has 0 atom stereocenters. The average Bonchev–Trinajstić information content (AvgIpc) is 2.73. The standard InChI is InChI=1S/C8H16N2O6P2S/c1-2-3-5-10(7-9-4-6-19-7)8(17(11,12)13)18(14,15)16/h4,6,8H,2-3,5H2,1H3,(H2,11,12,13)(H2,14,15,16). The van der Waals surface area contributed by atoms with Gasteiger partial charge in [-0.25, -0.2) is 4.98 Å². The third kappa shape index (κ3) is 4.65. The van der Waals surface area contributed by atoms with Crippen LogP contribution >= 0.6 is 26.5 Å². The van der Waals surface area contributed by atoms with Gasteiger partial charge in [-0.1, -0.05) is 13.3 Å². The van der Waals surface area contributed by atoms with Crippen LogP contribution in [-0.2, 0) is 9.13 Å². The second kappa shape index (κ2) is 6.45. The highest BCUT2D eigenvalue weighted by atomic mass is 32.1. The van der Waals surface area contributed by atoms with Gasteiger partial charge in [-0.3, -0.25) is 9.13 Å². The minimum atomic E-state index is -5.01. The van der Waals surface area contributed by atoms with Crippen molar-refractivity contribution in [1.29, 1.82) is 0 Å². The maximum Gasteiger partial charge on any atom is 0.360 e. The maximum absolute atomic E-state index is 11.4. The van der Waals surface area contributed by atoms with Gasteiger partial charge in [0, 0.05) is 18.1 Å². The first kappa shape index (κ1) is 16.8. The fourth-order valence-electron chi connectivity index (χ4n) is 1.56. The highest BCUT2D eigenvalue weighted by molar-refractivity contribution is 7.71. The van der Waals surface area contributed by atoms with Crippen LogP contribution in [0, 0.1) is 0 Å². The Morgan fingerprint density at radius 1 is 1.32 bits per heavy atom. The molecule has 1 heterocycles. The minimum Gasteiger partial charge on any atom is -0.324 e. The molecule has 0 aliphatic rings. The summed E-state index contributed by atoms with van der Waals surface area (Å²) in [5, 5.41) is 1.76. The van der Waals surface area contributed by atoms with E-state index < -0.39 is 20.7 Å². The molecule has 0 spiro atoms. The number of hydrogen-bond acceptors (Lipinski definition) is 5. The summed E-state index contributed by atoms with van der Waals surface area (Å²) in [5.74, 6) is 0. The first-order valence-electron chi connectivity index (χ1n) is 5.44. The average molecular weight is 330 g/mol. The Balaban J connectivity index is 3.19. The molecule has 0 unspecified atom stereocenters. The molecule has 11 heteroatoms. The third-order valence-electron chi connectivity index (χ3n) is 2.30. The Kier molecular flexibility index (Phi) is 5.70. The third-order valence-corrected chi connectivity index (χ3v) is 6.67. The first-order chi connectivity index (χ1) is 8.68. The number of anilines is 1. The molecule has 8 nitrogen and oxygen atoms in total. The van der Waals surface area contributed by atoms with Gasteiger partial charge < -0.3 is 24.5 Å². The molecule has 1 aromatic rings. The summed E-state index contributed by atoms with van der Waals surface area (Å²) in [6, 6.07) is 0. The Labute approximate surface area is 114 Å². The number of aromatic nitrogens is 1. The molecular weight excluding hydrogens is 314 g/mol. The summed E-state index contributed by atoms with van der Waals surface area (Å²) in [7, 11) is -10.0. The number of nitrogens with zero attached hydrogens (tertiary/aromatic N) is 2. The van der Waals surface area contributed by atoms with Crippen molar-refractivity contribution < 1.29 is 28.7 Å². The van der Waals surface area contributed by atoms with Crippen molar-refractivity contribution in [3.05, 3.63) is 11.6 Å². The van der Waals surface area contributed by atoms with Gasteiger partial charge in [-0.2, -0.15) is 0 Å². The molecular formula is C8H16N2O6P2S. The van der Waals surface area contributed by atoms with Crippen LogP contribution in [0.25, 0.3) is 0 Å². The summed E-state index contributed by atoms with van der Waals surface area (Å²) in [6.45, 7) is 1.98. The monoisotopic (exact) mass is 330 g/mol. The zero-order chi connectivity index (χ0) is 14.7. The summed E-state index contributed by atoms with van der Waals surface area (Å²) in [4.78, 5) is 41.8.